The van der Waals surface area contributed by atoms with Crippen molar-refractivity contribution in [1.29, 1.82) is 0 Å². The van der Waals surface area contributed by atoms with Gasteiger partial charge in [0.15, 0.2) is 5.37 Å². The lowest BCUT2D eigenvalue weighted by Crippen LogP contribution is -2.38. The van der Waals surface area contributed by atoms with E-state index in [4.69, 9.17) is 4.74 Å². The van der Waals surface area contributed by atoms with Crippen LogP contribution < -0.4 is 5.32 Å². The van der Waals surface area contributed by atoms with Gasteiger partial charge < -0.3 is 10.1 Å². The third-order valence-corrected chi connectivity index (χ3v) is 5.42. The highest BCUT2D eigenvalue weighted by Crippen LogP contribution is 2.29. The number of hydrogen-bond acceptors (Lipinski definition) is 4. The summed E-state index contributed by atoms with van der Waals surface area (Å²) in [4.78, 5) is 12.4. The van der Waals surface area contributed by atoms with E-state index in [-0.39, 0.29) is 4.90 Å². The van der Waals surface area contributed by atoms with Gasteiger partial charge >= 0.3 is 6.09 Å². The zero-order valence-electron chi connectivity index (χ0n) is 14.8. The van der Waals surface area contributed by atoms with Gasteiger partial charge in [-0.15, -0.1) is 0 Å². The molecule has 1 unspecified atom stereocenters. The number of benzene rings is 2. The first-order valence-corrected chi connectivity index (χ1v) is 9.50. The SMILES string of the molecule is Cc1ccccc1C(NC(=O)OC(C)(C)C)S(=O)(=O)c1ccccc1. The van der Waals surface area contributed by atoms with Crippen LogP contribution in [0.4, 0.5) is 4.79 Å². The van der Waals surface area contributed by atoms with E-state index in [1.54, 1.807) is 64.1 Å². The highest BCUT2D eigenvalue weighted by atomic mass is 32.2. The van der Waals surface area contributed by atoms with E-state index < -0.39 is 26.9 Å². The summed E-state index contributed by atoms with van der Waals surface area (Å²) in [7, 11) is -3.84. The summed E-state index contributed by atoms with van der Waals surface area (Å²) < 4.78 is 31.5. The number of ether oxygens (including phenoxy) is 1. The minimum absolute atomic E-state index is 0.138. The quantitative estimate of drug-likeness (QED) is 0.894. The second-order valence-corrected chi connectivity index (χ2v) is 8.77. The Balaban J connectivity index is 2.47. The third kappa shape index (κ3) is 4.82. The molecule has 2 aromatic carbocycles. The van der Waals surface area contributed by atoms with Crippen molar-refractivity contribution in [2.45, 2.75) is 43.6 Å². The monoisotopic (exact) mass is 361 g/mol. The second-order valence-electron chi connectivity index (χ2n) is 6.74. The van der Waals surface area contributed by atoms with Crippen LogP contribution in [0.15, 0.2) is 59.5 Å². The number of rotatable bonds is 4. The Hall–Kier alpha value is -2.34. The standard InChI is InChI=1S/C19H23NO4S/c1-14-10-8-9-13-16(14)17(20-18(21)24-19(2,3)4)25(22,23)15-11-6-5-7-12-15/h5-13,17H,1-4H3,(H,20,21). The van der Waals surface area contributed by atoms with E-state index in [0.29, 0.717) is 5.56 Å². The first-order chi connectivity index (χ1) is 11.6. The second kappa shape index (κ2) is 7.27. The average molecular weight is 361 g/mol. The highest BCUT2D eigenvalue weighted by molar-refractivity contribution is 7.91. The number of carbonyl (C=O) groups is 1. The van der Waals surface area contributed by atoms with Crippen LogP contribution in [0, 0.1) is 6.92 Å². The maximum absolute atomic E-state index is 13.1. The fourth-order valence-corrected chi connectivity index (χ4v) is 4.02. The zero-order chi connectivity index (χ0) is 18.7. The molecular formula is C19H23NO4S. The van der Waals surface area contributed by atoms with Crippen LogP contribution in [0.25, 0.3) is 0 Å². The van der Waals surface area contributed by atoms with Gasteiger partial charge in [0.2, 0.25) is 9.84 Å². The first-order valence-electron chi connectivity index (χ1n) is 7.95. The van der Waals surface area contributed by atoms with Crippen LogP contribution in [-0.2, 0) is 14.6 Å². The van der Waals surface area contributed by atoms with Crippen LogP contribution in [-0.4, -0.2) is 20.1 Å². The predicted molar refractivity (Wildman–Crippen MR) is 96.9 cm³/mol. The Kier molecular flexibility index (Phi) is 5.52. The number of sulfone groups is 1. The summed E-state index contributed by atoms with van der Waals surface area (Å²) in [5.41, 5.74) is 0.553. The van der Waals surface area contributed by atoms with Gasteiger partial charge in [-0.3, -0.25) is 0 Å². The van der Waals surface area contributed by atoms with Gasteiger partial charge in [-0.1, -0.05) is 42.5 Å². The molecule has 0 fully saturated rings. The Bertz CT molecular complexity index is 839. The van der Waals surface area contributed by atoms with Gasteiger partial charge in [0.25, 0.3) is 0 Å². The molecule has 1 atom stereocenters. The molecular weight excluding hydrogens is 338 g/mol. The summed E-state index contributed by atoms with van der Waals surface area (Å²) in [6, 6.07) is 15.1. The van der Waals surface area contributed by atoms with E-state index in [2.05, 4.69) is 5.32 Å². The van der Waals surface area contributed by atoms with E-state index in [1.165, 1.54) is 12.1 Å². The van der Waals surface area contributed by atoms with Gasteiger partial charge in [0.1, 0.15) is 5.60 Å². The Morgan fingerprint density at radius 2 is 1.56 bits per heavy atom. The molecule has 5 nitrogen and oxygen atoms in total. The van der Waals surface area contributed by atoms with Gasteiger partial charge in [-0.25, -0.2) is 13.2 Å². The van der Waals surface area contributed by atoms with E-state index in [1.807, 2.05) is 6.07 Å². The molecule has 0 saturated heterocycles. The summed E-state index contributed by atoms with van der Waals surface area (Å²) in [5.74, 6) is 0. The smallest absolute Gasteiger partial charge is 0.408 e. The molecule has 2 aromatic rings. The summed E-state index contributed by atoms with van der Waals surface area (Å²) in [6.45, 7) is 6.97. The fraction of sp³-hybridized carbons (Fsp3) is 0.316. The Morgan fingerprint density at radius 3 is 2.12 bits per heavy atom. The molecule has 1 amide bonds. The molecule has 0 heterocycles. The lowest BCUT2D eigenvalue weighted by molar-refractivity contribution is 0.0519. The van der Waals surface area contributed by atoms with Crippen molar-refractivity contribution in [1.82, 2.24) is 5.32 Å². The van der Waals surface area contributed by atoms with Gasteiger partial charge in [0.05, 0.1) is 4.90 Å². The maximum atomic E-state index is 13.1. The van der Waals surface area contributed by atoms with Crippen molar-refractivity contribution in [3.63, 3.8) is 0 Å². The summed E-state index contributed by atoms with van der Waals surface area (Å²) in [5, 5.41) is 1.29. The van der Waals surface area contributed by atoms with E-state index in [9.17, 15) is 13.2 Å². The third-order valence-electron chi connectivity index (χ3n) is 3.50. The Labute approximate surface area is 148 Å². The van der Waals surface area contributed by atoms with Crippen LogP contribution in [0.1, 0.15) is 37.3 Å². The molecule has 0 saturated carbocycles. The van der Waals surface area contributed by atoms with Gasteiger partial charge in [-0.2, -0.15) is 0 Å². The minimum Gasteiger partial charge on any atom is -0.444 e. The topological polar surface area (TPSA) is 72.5 Å². The largest absolute Gasteiger partial charge is 0.444 e. The fourth-order valence-electron chi connectivity index (χ4n) is 2.36. The molecule has 1 N–H and O–H groups in total. The molecule has 2 rings (SSSR count). The van der Waals surface area contributed by atoms with Crippen LogP contribution in [0.5, 0.6) is 0 Å². The normalized spacial score (nSPS) is 13.1. The van der Waals surface area contributed by atoms with Crippen molar-refractivity contribution >= 4 is 15.9 Å². The molecule has 134 valence electrons. The molecule has 0 aromatic heterocycles. The molecule has 0 bridgehead atoms. The average Bonchev–Trinajstić information content (AvgIpc) is 2.52. The highest BCUT2D eigenvalue weighted by Gasteiger charge is 2.33. The van der Waals surface area contributed by atoms with Gasteiger partial charge in [-0.05, 0) is 51.0 Å². The van der Waals surface area contributed by atoms with Crippen LogP contribution in [0.2, 0.25) is 0 Å². The van der Waals surface area contributed by atoms with Crippen LogP contribution >= 0.6 is 0 Å². The number of nitrogens with one attached hydrogen (secondary N) is 1. The molecule has 0 aliphatic carbocycles. The molecule has 0 spiro atoms. The first kappa shape index (κ1) is 19.0. The van der Waals surface area contributed by atoms with Crippen molar-refractivity contribution in [2.75, 3.05) is 0 Å². The molecule has 6 heteroatoms. The van der Waals surface area contributed by atoms with Crippen molar-refractivity contribution in [3.8, 4) is 0 Å². The van der Waals surface area contributed by atoms with E-state index >= 15 is 0 Å². The molecule has 0 aliphatic heterocycles. The molecule has 0 radical (unpaired) electrons. The van der Waals surface area contributed by atoms with Crippen molar-refractivity contribution < 1.29 is 17.9 Å². The Morgan fingerprint density at radius 1 is 1.00 bits per heavy atom. The maximum Gasteiger partial charge on any atom is 0.408 e. The number of aryl methyl sites for hydroxylation is 1. The zero-order valence-corrected chi connectivity index (χ0v) is 15.6. The van der Waals surface area contributed by atoms with Crippen molar-refractivity contribution in [2.24, 2.45) is 0 Å². The lowest BCUT2D eigenvalue weighted by Gasteiger charge is -2.25. The summed E-state index contributed by atoms with van der Waals surface area (Å²) in [6.07, 6.45) is -0.778. The number of alkyl carbamates (subject to hydrolysis) is 1. The lowest BCUT2D eigenvalue weighted by atomic mass is 10.1. The summed E-state index contributed by atoms with van der Waals surface area (Å²) >= 11 is 0. The molecule has 25 heavy (non-hydrogen) atoms. The van der Waals surface area contributed by atoms with Gasteiger partial charge in [0, 0.05) is 0 Å². The minimum atomic E-state index is -3.84. The van der Waals surface area contributed by atoms with E-state index in [0.717, 1.165) is 5.56 Å². The van der Waals surface area contributed by atoms with Crippen molar-refractivity contribution in [3.05, 3.63) is 65.7 Å². The van der Waals surface area contributed by atoms with Crippen LogP contribution in [0.3, 0.4) is 0 Å². The predicted octanol–water partition coefficient (Wildman–Crippen LogP) is 3.99. The molecule has 0 aliphatic rings. The number of amides is 1. The number of hydrogen-bond donors (Lipinski definition) is 1. The number of carbonyl (C=O) groups excluding carboxylic acids is 1.